The molecule has 23 heavy (non-hydrogen) atoms. The van der Waals surface area contributed by atoms with Crippen molar-refractivity contribution in [3.63, 3.8) is 0 Å². The average Bonchev–Trinajstić information content (AvgIpc) is 2.59. The van der Waals surface area contributed by atoms with Gasteiger partial charge in [-0.2, -0.15) is 0 Å². The summed E-state index contributed by atoms with van der Waals surface area (Å²) in [5, 5.41) is 0.447. The minimum absolute atomic E-state index is 0.333. The number of fused-ring (bicyclic) bond motifs is 1. The third kappa shape index (κ3) is 2.32. The second-order valence-electron chi connectivity index (χ2n) is 5.31. The molecule has 0 atom stereocenters. The fourth-order valence-corrected chi connectivity index (χ4v) is 2.80. The van der Waals surface area contributed by atoms with Crippen LogP contribution in [0.5, 0.6) is 0 Å². The summed E-state index contributed by atoms with van der Waals surface area (Å²) >= 11 is 0. The molecule has 0 aliphatic carbocycles. The van der Waals surface area contributed by atoms with Crippen molar-refractivity contribution in [3.8, 4) is 0 Å². The Balaban J connectivity index is 2.39. The van der Waals surface area contributed by atoms with E-state index in [1.54, 1.807) is 13.2 Å². The molecule has 3 aromatic rings. The van der Waals surface area contributed by atoms with Gasteiger partial charge < -0.3 is 4.90 Å². The molecule has 6 nitrogen and oxygen atoms in total. The predicted molar refractivity (Wildman–Crippen MR) is 91.3 cm³/mol. The predicted octanol–water partition coefficient (Wildman–Crippen LogP) is 1.79. The van der Waals surface area contributed by atoms with E-state index in [1.165, 1.54) is 11.6 Å². The molecule has 2 aromatic heterocycles. The van der Waals surface area contributed by atoms with Gasteiger partial charge in [-0.25, -0.2) is 9.78 Å². The van der Waals surface area contributed by atoms with Crippen LogP contribution in [-0.2, 0) is 14.1 Å². The second-order valence-corrected chi connectivity index (χ2v) is 5.31. The summed E-state index contributed by atoms with van der Waals surface area (Å²) < 4.78 is 2.52. The maximum Gasteiger partial charge on any atom is 0.332 e. The van der Waals surface area contributed by atoms with Crippen LogP contribution in [0.25, 0.3) is 11.0 Å². The van der Waals surface area contributed by atoms with Gasteiger partial charge in [-0.15, -0.1) is 0 Å². The molecule has 0 fully saturated rings. The number of aromatic nitrogens is 3. The van der Waals surface area contributed by atoms with E-state index < -0.39 is 0 Å². The van der Waals surface area contributed by atoms with Crippen LogP contribution >= 0.6 is 0 Å². The molecule has 6 heteroatoms. The lowest BCUT2D eigenvalue weighted by Crippen LogP contribution is -2.38. The molecule has 0 saturated heterocycles. The summed E-state index contributed by atoms with van der Waals surface area (Å²) in [5.74, 6) is 0. The first-order chi connectivity index (χ1) is 11.1. The lowest BCUT2D eigenvalue weighted by Gasteiger charge is -2.24. The first-order valence-electron chi connectivity index (χ1n) is 7.43. The highest BCUT2D eigenvalue weighted by molar-refractivity contribution is 5.91. The summed E-state index contributed by atoms with van der Waals surface area (Å²) in [6, 6.07) is 11.6. The van der Waals surface area contributed by atoms with Gasteiger partial charge in [0, 0.05) is 32.5 Å². The second kappa shape index (κ2) is 5.72. The third-order valence-corrected chi connectivity index (χ3v) is 3.99. The summed E-state index contributed by atoms with van der Waals surface area (Å²) in [6.45, 7) is 2.71. The Bertz CT molecular complexity index is 974. The smallest absolute Gasteiger partial charge is 0.332 e. The van der Waals surface area contributed by atoms with Crippen LogP contribution in [-0.4, -0.2) is 20.7 Å². The molecule has 0 N–H and O–H groups in total. The van der Waals surface area contributed by atoms with Crippen molar-refractivity contribution in [2.75, 3.05) is 11.4 Å². The highest BCUT2D eigenvalue weighted by Crippen LogP contribution is 2.28. The van der Waals surface area contributed by atoms with Crippen molar-refractivity contribution in [2.45, 2.75) is 6.92 Å². The fourth-order valence-electron chi connectivity index (χ4n) is 2.80. The molecule has 0 aliphatic heterocycles. The number of pyridine rings is 1. The molecular formula is C17H18N4O2. The summed E-state index contributed by atoms with van der Waals surface area (Å²) in [4.78, 5) is 31.0. The number of aryl methyl sites for hydroxylation is 1. The molecule has 0 saturated carbocycles. The summed E-state index contributed by atoms with van der Waals surface area (Å²) in [7, 11) is 3.11. The average molecular weight is 310 g/mol. The number of nitrogens with zero attached hydrogens (tertiary/aromatic N) is 4. The molecule has 0 bridgehead atoms. The van der Waals surface area contributed by atoms with Gasteiger partial charge in [0.2, 0.25) is 0 Å². The lowest BCUT2D eigenvalue weighted by molar-refractivity contribution is 0.707. The number of para-hydroxylation sites is 1. The largest absolute Gasteiger partial charge is 0.341 e. The van der Waals surface area contributed by atoms with Crippen LogP contribution in [0.3, 0.4) is 0 Å². The van der Waals surface area contributed by atoms with Gasteiger partial charge in [-0.3, -0.25) is 13.9 Å². The van der Waals surface area contributed by atoms with E-state index in [9.17, 15) is 9.59 Å². The van der Waals surface area contributed by atoms with E-state index in [1.807, 2.05) is 48.2 Å². The zero-order valence-corrected chi connectivity index (χ0v) is 13.4. The van der Waals surface area contributed by atoms with E-state index in [4.69, 9.17) is 0 Å². The lowest BCUT2D eigenvalue weighted by atomic mass is 10.2. The Kier molecular flexibility index (Phi) is 3.73. The van der Waals surface area contributed by atoms with Crippen LogP contribution in [0, 0.1) is 0 Å². The van der Waals surface area contributed by atoms with Gasteiger partial charge in [0.05, 0.1) is 5.69 Å². The van der Waals surface area contributed by atoms with E-state index in [0.717, 1.165) is 15.9 Å². The van der Waals surface area contributed by atoms with Crippen LogP contribution in [0.4, 0.5) is 11.4 Å². The standard InChI is InChI=1S/C17H18N4O2/c1-4-21(12-8-6-5-7-9-12)13-10-11-18-15-14(13)16(22)20(3)17(23)19(15)2/h5-11H,4H2,1-3H3. The topological polar surface area (TPSA) is 60.1 Å². The molecule has 0 spiro atoms. The van der Waals surface area contributed by atoms with Gasteiger partial charge in [-0.05, 0) is 25.1 Å². The summed E-state index contributed by atoms with van der Waals surface area (Å²) in [6.07, 6.45) is 1.63. The van der Waals surface area contributed by atoms with E-state index in [0.29, 0.717) is 17.6 Å². The molecule has 0 radical (unpaired) electrons. The molecule has 0 unspecified atom stereocenters. The van der Waals surface area contributed by atoms with Crippen LogP contribution in [0.15, 0.2) is 52.2 Å². The third-order valence-electron chi connectivity index (χ3n) is 3.99. The molecule has 2 heterocycles. The van der Waals surface area contributed by atoms with Crippen molar-refractivity contribution in [1.82, 2.24) is 14.1 Å². The van der Waals surface area contributed by atoms with E-state index in [2.05, 4.69) is 4.98 Å². The van der Waals surface area contributed by atoms with Crippen molar-refractivity contribution in [1.29, 1.82) is 0 Å². The quantitative estimate of drug-likeness (QED) is 0.740. The molecule has 1 aromatic carbocycles. The Morgan fingerprint density at radius 2 is 1.74 bits per heavy atom. The number of anilines is 2. The SMILES string of the molecule is CCN(c1ccccc1)c1ccnc2c1c(=O)n(C)c(=O)n2C. The minimum Gasteiger partial charge on any atom is -0.341 e. The van der Waals surface area contributed by atoms with Crippen LogP contribution in [0.2, 0.25) is 0 Å². The number of benzene rings is 1. The maximum atomic E-state index is 12.7. The minimum atomic E-state index is -0.380. The first-order valence-corrected chi connectivity index (χ1v) is 7.43. The van der Waals surface area contributed by atoms with Gasteiger partial charge in [0.15, 0.2) is 5.65 Å². The van der Waals surface area contributed by atoms with Crippen molar-refractivity contribution in [2.24, 2.45) is 14.1 Å². The molecule has 0 aliphatic rings. The van der Waals surface area contributed by atoms with Gasteiger partial charge in [0.25, 0.3) is 5.56 Å². The molecule has 118 valence electrons. The maximum absolute atomic E-state index is 12.7. The number of hydrogen-bond acceptors (Lipinski definition) is 4. The van der Waals surface area contributed by atoms with Gasteiger partial charge in [-0.1, -0.05) is 18.2 Å². The van der Waals surface area contributed by atoms with E-state index in [-0.39, 0.29) is 11.2 Å². The Hall–Kier alpha value is -2.89. The Labute approximate surface area is 133 Å². The Morgan fingerprint density at radius 3 is 2.39 bits per heavy atom. The Morgan fingerprint density at radius 1 is 1.04 bits per heavy atom. The fraction of sp³-hybridized carbons (Fsp3) is 0.235. The van der Waals surface area contributed by atoms with Crippen LogP contribution in [0.1, 0.15) is 6.92 Å². The number of rotatable bonds is 3. The molecule has 3 rings (SSSR count). The molecular weight excluding hydrogens is 292 g/mol. The van der Waals surface area contributed by atoms with Crippen molar-refractivity contribution >= 4 is 22.4 Å². The molecule has 0 amide bonds. The zero-order valence-electron chi connectivity index (χ0n) is 13.4. The van der Waals surface area contributed by atoms with Crippen molar-refractivity contribution in [3.05, 3.63) is 63.4 Å². The highest BCUT2D eigenvalue weighted by atomic mass is 16.2. The van der Waals surface area contributed by atoms with Crippen molar-refractivity contribution < 1.29 is 0 Å². The van der Waals surface area contributed by atoms with Gasteiger partial charge >= 0.3 is 5.69 Å². The summed E-state index contributed by atoms with van der Waals surface area (Å²) in [5.41, 5.74) is 1.42. The van der Waals surface area contributed by atoms with E-state index >= 15 is 0 Å². The monoisotopic (exact) mass is 310 g/mol. The zero-order chi connectivity index (χ0) is 16.6. The first kappa shape index (κ1) is 15.0. The number of hydrogen-bond donors (Lipinski definition) is 0. The highest BCUT2D eigenvalue weighted by Gasteiger charge is 2.17. The normalized spacial score (nSPS) is 10.9. The van der Waals surface area contributed by atoms with Gasteiger partial charge in [0.1, 0.15) is 5.39 Å². The van der Waals surface area contributed by atoms with Crippen LogP contribution < -0.4 is 16.1 Å².